The van der Waals surface area contributed by atoms with E-state index >= 15 is 0 Å². The number of carboxylic acid groups (broad SMARTS) is 1. The number of likely N-dealkylation sites (tertiary alicyclic amines) is 1. The summed E-state index contributed by atoms with van der Waals surface area (Å²) >= 11 is 0. The molecule has 2 heterocycles. The van der Waals surface area contributed by atoms with Crippen LogP contribution in [0, 0.1) is 24.7 Å². The zero-order valence-electron chi connectivity index (χ0n) is 11.7. The molecule has 19 heavy (non-hydrogen) atoms. The summed E-state index contributed by atoms with van der Waals surface area (Å²) in [7, 11) is 0. The maximum Gasteiger partial charge on any atom is 0.308 e. The molecule has 0 aromatic carbocycles. The van der Waals surface area contributed by atoms with Gasteiger partial charge in [-0.25, -0.2) is 0 Å². The summed E-state index contributed by atoms with van der Waals surface area (Å²) in [5, 5.41) is 9.30. The molecule has 2 atom stereocenters. The molecule has 1 aliphatic heterocycles. The maximum atomic E-state index is 11.3. The van der Waals surface area contributed by atoms with Gasteiger partial charge in [-0.3, -0.25) is 19.7 Å². The molecule has 104 valence electrons. The van der Waals surface area contributed by atoms with Crippen molar-refractivity contribution in [3.63, 3.8) is 0 Å². The fraction of sp³-hybridized carbons (Fsp3) is 0.643. The van der Waals surface area contributed by atoms with Gasteiger partial charge in [-0.2, -0.15) is 0 Å². The first-order valence-corrected chi connectivity index (χ1v) is 6.70. The van der Waals surface area contributed by atoms with E-state index in [9.17, 15) is 9.90 Å². The van der Waals surface area contributed by atoms with Crippen LogP contribution in [0.4, 0.5) is 0 Å². The van der Waals surface area contributed by atoms with Gasteiger partial charge >= 0.3 is 5.97 Å². The van der Waals surface area contributed by atoms with Crippen LogP contribution in [-0.2, 0) is 11.3 Å². The van der Waals surface area contributed by atoms with E-state index in [1.165, 1.54) is 0 Å². The number of aliphatic carboxylic acids is 1. The Kier molecular flexibility index (Phi) is 4.14. The second-order valence-electron chi connectivity index (χ2n) is 5.70. The Labute approximate surface area is 113 Å². The first-order valence-electron chi connectivity index (χ1n) is 6.70. The molecule has 1 aromatic rings. The van der Waals surface area contributed by atoms with Gasteiger partial charge in [-0.15, -0.1) is 0 Å². The quantitative estimate of drug-likeness (QED) is 0.893. The fourth-order valence-electron chi connectivity index (χ4n) is 2.71. The topological polar surface area (TPSA) is 66.3 Å². The largest absolute Gasteiger partial charge is 0.481 e. The minimum Gasteiger partial charge on any atom is -0.481 e. The molecule has 0 unspecified atom stereocenters. The molecule has 1 saturated heterocycles. The van der Waals surface area contributed by atoms with Gasteiger partial charge in [0.1, 0.15) is 0 Å². The first-order chi connectivity index (χ1) is 8.97. The lowest BCUT2D eigenvalue weighted by Gasteiger charge is -2.18. The molecule has 5 nitrogen and oxygen atoms in total. The van der Waals surface area contributed by atoms with Gasteiger partial charge in [0, 0.05) is 32.0 Å². The lowest BCUT2D eigenvalue weighted by Crippen LogP contribution is -2.25. The van der Waals surface area contributed by atoms with Crippen molar-refractivity contribution in [1.29, 1.82) is 0 Å². The molecule has 0 aliphatic carbocycles. The second kappa shape index (κ2) is 5.65. The Hall–Kier alpha value is -1.49. The van der Waals surface area contributed by atoms with Crippen molar-refractivity contribution in [3.05, 3.63) is 23.8 Å². The highest BCUT2D eigenvalue weighted by Crippen LogP contribution is 2.30. The van der Waals surface area contributed by atoms with E-state index in [1.807, 2.05) is 6.92 Å². The number of hydrogen-bond acceptors (Lipinski definition) is 4. The van der Waals surface area contributed by atoms with Gasteiger partial charge in [0.15, 0.2) is 0 Å². The van der Waals surface area contributed by atoms with Crippen molar-refractivity contribution < 1.29 is 9.90 Å². The molecule has 0 spiro atoms. The predicted octanol–water partition coefficient (Wildman–Crippen LogP) is 1.57. The van der Waals surface area contributed by atoms with Gasteiger partial charge in [-0.05, 0) is 18.8 Å². The Morgan fingerprint density at radius 3 is 2.63 bits per heavy atom. The molecule has 1 fully saturated rings. The number of nitrogens with zero attached hydrogens (tertiary/aromatic N) is 3. The summed E-state index contributed by atoms with van der Waals surface area (Å²) in [6, 6.07) is 0. The fourth-order valence-corrected chi connectivity index (χ4v) is 2.71. The lowest BCUT2D eigenvalue weighted by atomic mass is 9.86. The Morgan fingerprint density at radius 2 is 2.16 bits per heavy atom. The van der Waals surface area contributed by atoms with E-state index in [2.05, 4.69) is 28.7 Å². The van der Waals surface area contributed by atoms with Crippen molar-refractivity contribution in [1.82, 2.24) is 14.9 Å². The normalized spacial score (nSPS) is 24.0. The molecule has 1 aliphatic rings. The smallest absolute Gasteiger partial charge is 0.308 e. The highest BCUT2D eigenvalue weighted by atomic mass is 16.4. The molecular weight excluding hydrogens is 242 g/mol. The summed E-state index contributed by atoms with van der Waals surface area (Å²) in [5.74, 6) is -0.347. The zero-order chi connectivity index (χ0) is 14.0. The van der Waals surface area contributed by atoms with Crippen molar-refractivity contribution in [3.8, 4) is 0 Å². The molecular formula is C14H21N3O2. The Morgan fingerprint density at radius 1 is 1.42 bits per heavy atom. The van der Waals surface area contributed by atoms with Gasteiger partial charge in [0.25, 0.3) is 0 Å². The summed E-state index contributed by atoms with van der Waals surface area (Å²) in [5.41, 5.74) is 1.80. The number of aromatic nitrogens is 2. The van der Waals surface area contributed by atoms with Crippen molar-refractivity contribution in [2.45, 2.75) is 27.3 Å². The Balaban J connectivity index is 2.03. The average Bonchev–Trinajstić information content (AvgIpc) is 2.76. The zero-order valence-corrected chi connectivity index (χ0v) is 11.7. The van der Waals surface area contributed by atoms with Crippen LogP contribution in [0.3, 0.4) is 0 Å². The van der Waals surface area contributed by atoms with Crippen LogP contribution in [0.1, 0.15) is 25.2 Å². The highest BCUT2D eigenvalue weighted by molar-refractivity contribution is 5.71. The summed E-state index contributed by atoms with van der Waals surface area (Å²) < 4.78 is 0. The number of carbonyl (C=O) groups is 1. The van der Waals surface area contributed by atoms with Crippen LogP contribution < -0.4 is 0 Å². The van der Waals surface area contributed by atoms with Crippen LogP contribution in [0.5, 0.6) is 0 Å². The summed E-state index contributed by atoms with van der Waals surface area (Å²) in [4.78, 5) is 22.0. The minimum atomic E-state index is -0.684. The van der Waals surface area contributed by atoms with Crippen LogP contribution in [0.25, 0.3) is 0 Å². The van der Waals surface area contributed by atoms with Gasteiger partial charge in [-0.1, -0.05) is 13.8 Å². The number of aryl methyl sites for hydroxylation is 1. The number of rotatable bonds is 4. The van der Waals surface area contributed by atoms with E-state index in [0.29, 0.717) is 19.0 Å². The van der Waals surface area contributed by atoms with Crippen molar-refractivity contribution >= 4 is 5.97 Å². The first kappa shape index (κ1) is 13.9. The van der Waals surface area contributed by atoms with Crippen LogP contribution in [-0.4, -0.2) is 39.0 Å². The third-order valence-corrected chi connectivity index (χ3v) is 3.83. The summed E-state index contributed by atoms with van der Waals surface area (Å²) in [6.45, 7) is 8.20. The molecule has 0 amide bonds. The molecule has 1 aromatic heterocycles. The maximum absolute atomic E-state index is 11.3. The molecule has 0 saturated carbocycles. The molecule has 1 N–H and O–H groups in total. The van der Waals surface area contributed by atoms with Crippen molar-refractivity contribution in [2.75, 3.05) is 13.1 Å². The highest BCUT2D eigenvalue weighted by Gasteiger charge is 2.39. The minimum absolute atomic E-state index is 0.218. The molecule has 5 heteroatoms. The summed E-state index contributed by atoms with van der Waals surface area (Å²) in [6.07, 6.45) is 3.52. The standard InChI is InChI=1S/C14H21N3O2/c1-9(2)12-7-17(8-13(12)14(18)19)6-11-5-15-10(3)4-16-11/h4-5,9,12-13H,6-8H2,1-3H3,(H,18,19)/t12-,13+/m0/s1. The SMILES string of the molecule is Cc1cnc(CN2C[C@@H](C(=O)O)[C@H](C(C)C)C2)cn1. The van der Waals surface area contributed by atoms with Gasteiger partial charge < -0.3 is 5.11 Å². The number of hydrogen-bond donors (Lipinski definition) is 1. The average molecular weight is 263 g/mol. The van der Waals surface area contributed by atoms with Crippen LogP contribution in [0.2, 0.25) is 0 Å². The Bertz CT molecular complexity index is 445. The molecule has 0 bridgehead atoms. The van der Waals surface area contributed by atoms with Crippen molar-refractivity contribution in [2.24, 2.45) is 17.8 Å². The monoisotopic (exact) mass is 263 g/mol. The van der Waals surface area contributed by atoms with E-state index in [1.54, 1.807) is 12.4 Å². The number of carboxylic acids is 1. The van der Waals surface area contributed by atoms with Crippen LogP contribution >= 0.6 is 0 Å². The molecule has 2 rings (SSSR count). The van der Waals surface area contributed by atoms with Crippen LogP contribution in [0.15, 0.2) is 12.4 Å². The van der Waals surface area contributed by atoms with Gasteiger partial charge in [0.2, 0.25) is 0 Å². The molecule has 0 radical (unpaired) electrons. The van der Waals surface area contributed by atoms with E-state index in [0.717, 1.165) is 17.9 Å². The van der Waals surface area contributed by atoms with Gasteiger partial charge in [0.05, 0.1) is 17.3 Å². The third kappa shape index (κ3) is 3.29. The van der Waals surface area contributed by atoms with E-state index in [4.69, 9.17) is 0 Å². The third-order valence-electron chi connectivity index (χ3n) is 3.83. The lowest BCUT2D eigenvalue weighted by molar-refractivity contribution is -0.143. The second-order valence-corrected chi connectivity index (χ2v) is 5.70. The van der Waals surface area contributed by atoms with E-state index < -0.39 is 5.97 Å². The van der Waals surface area contributed by atoms with E-state index in [-0.39, 0.29) is 11.8 Å². The predicted molar refractivity (Wildman–Crippen MR) is 71.5 cm³/mol.